The highest BCUT2D eigenvalue weighted by molar-refractivity contribution is 5.85. The quantitative estimate of drug-likeness (QED) is 0.798. The fraction of sp³-hybridized carbons (Fsp3) is 0.300. The van der Waals surface area contributed by atoms with Gasteiger partial charge in [0.05, 0.1) is 11.6 Å². The zero-order valence-electron chi connectivity index (χ0n) is 9.07. The van der Waals surface area contributed by atoms with E-state index >= 15 is 0 Å². The van der Waals surface area contributed by atoms with Gasteiger partial charge in [-0.1, -0.05) is 12.1 Å². The first-order chi connectivity index (χ1) is 7.84. The number of benzene rings is 1. The molecule has 1 unspecified atom stereocenters. The minimum Gasteiger partial charge on any atom is -0.465 e. The molecule has 102 valence electrons. The Morgan fingerprint density at radius 1 is 1.44 bits per heavy atom. The molecule has 0 heterocycles. The minimum atomic E-state index is -4.46. The van der Waals surface area contributed by atoms with Crippen LogP contribution < -0.4 is 11.1 Å². The Morgan fingerprint density at radius 2 is 2.06 bits per heavy atom. The molecular weight excluding hydrogens is 273 g/mol. The largest absolute Gasteiger partial charge is 0.465 e. The van der Waals surface area contributed by atoms with Crippen LogP contribution in [-0.2, 0) is 6.18 Å². The zero-order valence-corrected chi connectivity index (χ0v) is 9.89. The lowest BCUT2D eigenvalue weighted by Crippen LogP contribution is -2.32. The second kappa shape index (κ2) is 6.46. The highest BCUT2D eigenvalue weighted by Gasteiger charge is 2.31. The summed E-state index contributed by atoms with van der Waals surface area (Å²) in [4.78, 5) is 10.4. The van der Waals surface area contributed by atoms with Crippen molar-refractivity contribution in [1.82, 2.24) is 5.32 Å². The molecule has 4 N–H and O–H groups in total. The molecular formula is C10H12ClF3N2O2. The molecule has 0 aliphatic carbocycles. The Bertz CT molecular complexity index is 412. The van der Waals surface area contributed by atoms with Crippen molar-refractivity contribution in [1.29, 1.82) is 0 Å². The molecule has 4 nitrogen and oxygen atoms in total. The van der Waals surface area contributed by atoms with E-state index in [1.54, 1.807) is 0 Å². The summed E-state index contributed by atoms with van der Waals surface area (Å²) >= 11 is 0. The maximum absolute atomic E-state index is 12.4. The van der Waals surface area contributed by atoms with Gasteiger partial charge in [-0.05, 0) is 17.7 Å². The topological polar surface area (TPSA) is 75.3 Å². The van der Waals surface area contributed by atoms with Crippen LogP contribution in [0.5, 0.6) is 0 Å². The van der Waals surface area contributed by atoms with Gasteiger partial charge in [0.15, 0.2) is 0 Å². The number of rotatable bonds is 3. The van der Waals surface area contributed by atoms with Crippen LogP contribution in [0, 0.1) is 0 Å². The maximum Gasteiger partial charge on any atom is 0.416 e. The molecule has 0 saturated carbocycles. The Morgan fingerprint density at radius 3 is 2.50 bits per heavy atom. The van der Waals surface area contributed by atoms with Gasteiger partial charge in [0.1, 0.15) is 0 Å². The van der Waals surface area contributed by atoms with Crippen LogP contribution >= 0.6 is 12.4 Å². The number of alkyl halides is 3. The summed E-state index contributed by atoms with van der Waals surface area (Å²) in [5, 5.41) is 10.6. The SMILES string of the molecule is Cl.NCC(NC(=O)O)c1cccc(C(F)(F)F)c1. The van der Waals surface area contributed by atoms with E-state index in [1.165, 1.54) is 12.1 Å². The Hall–Kier alpha value is -1.47. The standard InChI is InChI=1S/C10H11F3N2O2.ClH/c11-10(12,13)7-3-1-2-6(4-7)8(5-14)15-9(16)17;/h1-4,8,15H,5,14H2,(H,16,17);1H. The molecule has 0 aromatic heterocycles. The number of amides is 1. The Labute approximate surface area is 107 Å². The molecule has 1 atom stereocenters. The molecule has 0 aliphatic rings. The smallest absolute Gasteiger partial charge is 0.416 e. The van der Waals surface area contributed by atoms with Crippen molar-refractivity contribution in [3.05, 3.63) is 35.4 Å². The number of carboxylic acid groups (broad SMARTS) is 1. The second-order valence-corrected chi connectivity index (χ2v) is 3.36. The highest BCUT2D eigenvalue weighted by atomic mass is 35.5. The van der Waals surface area contributed by atoms with Gasteiger partial charge in [-0.25, -0.2) is 4.79 Å². The first-order valence-corrected chi connectivity index (χ1v) is 4.71. The van der Waals surface area contributed by atoms with Crippen molar-refractivity contribution in [2.45, 2.75) is 12.2 Å². The third kappa shape index (κ3) is 4.42. The van der Waals surface area contributed by atoms with Crippen molar-refractivity contribution < 1.29 is 23.1 Å². The van der Waals surface area contributed by atoms with Crippen molar-refractivity contribution in [3.8, 4) is 0 Å². The molecule has 0 radical (unpaired) electrons. The van der Waals surface area contributed by atoms with E-state index in [4.69, 9.17) is 10.8 Å². The van der Waals surface area contributed by atoms with E-state index in [9.17, 15) is 18.0 Å². The predicted molar refractivity (Wildman–Crippen MR) is 61.6 cm³/mol. The molecule has 1 amide bonds. The van der Waals surface area contributed by atoms with Crippen LogP contribution in [0.15, 0.2) is 24.3 Å². The molecule has 0 fully saturated rings. The van der Waals surface area contributed by atoms with E-state index in [0.717, 1.165) is 12.1 Å². The van der Waals surface area contributed by atoms with Gasteiger partial charge in [0.25, 0.3) is 0 Å². The number of carbonyl (C=O) groups is 1. The van der Waals surface area contributed by atoms with Gasteiger partial charge in [0.2, 0.25) is 0 Å². The van der Waals surface area contributed by atoms with Crippen LogP contribution in [0.2, 0.25) is 0 Å². The number of nitrogens with two attached hydrogens (primary N) is 1. The second-order valence-electron chi connectivity index (χ2n) is 3.36. The van der Waals surface area contributed by atoms with Gasteiger partial charge in [-0.2, -0.15) is 13.2 Å². The Balaban J connectivity index is 0.00000289. The molecule has 0 saturated heterocycles. The highest BCUT2D eigenvalue weighted by Crippen LogP contribution is 2.30. The monoisotopic (exact) mass is 284 g/mol. The summed E-state index contributed by atoms with van der Waals surface area (Å²) in [5.74, 6) is 0. The average molecular weight is 285 g/mol. The summed E-state index contributed by atoms with van der Waals surface area (Å²) in [6.45, 7) is -0.117. The first-order valence-electron chi connectivity index (χ1n) is 4.71. The molecule has 0 spiro atoms. The number of nitrogens with one attached hydrogen (secondary N) is 1. The summed E-state index contributed by atoms with van der Waals surface area (Å²) in [6.07, 6.45) is -5.80. The van der Waals surface area contributed by atoms with Gasteiger partial charge in [-0.15, -0.1) is 12.4 Å². The third-order valence-electron chi connectivity index (χ3n) is 2.15. The lowest BCUT2D eigenvalue weighted by Gasteiger charge is -2.16. The summed E-state index contributed by atoms with van der Waals surface area (Å²) in [5.41, 5.74) is 4.66. The average Bonchev–Trinajstić information content (AvgIpc) is 2.24. The van der Waals surface area contributed by atoms with E-state index in [1.807, 2.05) is 5.32 Å². The van der Waals surface area contributed by atoms with Gasteiger partial charge in [0, 0.05) is 6.54 Å². The van der Waals surface area contributed by atoms with Crippen LogP contribution in [0.1, 0.15) is 17.2 Å². The maximum atomic E-state index is 12.4. The lowest BCUT2D eigenvalue weighted by molar-refractivity contribution is -0.137. The van der Waals surface area contributed by atoms with E-state index in [0.29, 0.717) is 0 Å². The van der Waals surface area contributed by atoms with Crippen LogP contribution in [0.3, 0.4) is 0 Å². The molecule has 0 aliphatic heterocycles. The molecule has 1 aromatic rings. The third-order valence-corrected chi connectivity index (χ3v) is 2.15. The molecule has 8 heteroatoms. The van der Waals surface area contributed by atoms with Gasteiger partial charge in [-0.3, -0.25) is 0 Å². The molecule has 1 rings (SSSR count). The van der Waals surface area contributed by atoms with Crippen molar-refractivity contribution >= 4 is 18.5 Å². The van der Waals surface area contributed by atoms with Crippen LogP contribution in [-0.4, -0.2) is 17.7 Å². The molecule has 0 bridgehead atoms. The Kier molecular flexibility index (Phi) is 5.93. The van der Waals surface area contributed by atoms with Gasteiger partial charge < -0.3 is 16.2 Å². The lowest BCUT2D eigenvalue weighted by atomic mass is 10.0. The molecule has 18 heavy (non-hydrogen) atoms. The normalized spacial score (nSPS) is 12.4. The fourth-order valence-electron chi connectivity index (χ4n) is 1.36. The minimum absolute atomic E-state index is 0. The van der Waals surface area contributed by atoms with Crippen LogP contribution in [0.25, 0.3) is 0 Å². The van der Waals surface area contributed by atoms with Gasteiger partial charge >= 0.3 is 12.3 Å². The zero-order chi connectivity index (χ0) is 13.1. The molecule has 1 aromatic carbocycles. The number of hydrogen-bond donors (Lipinski definition) is 3. The first kappa shape index (κ1) is 16.5. The van der Waals surface area contributed by atoms with E-state index < -0.39 is 23.9 Å². The number of halogens is 4. The number of hydrogen-bond acceptors (Lipinski definition) is 2. The van der Waals surface area contributed by atoms with E-state index in [-0.39, 0.29) is 24.5 Å². The predicted octanol–water partition coefficient (Wildman–Crippen LogP) is 2.39. The van der Waals surface area contributed by atoms with Crippen LogP contribution in [0.4, 0.5) is 18.0 Å². The van der Waals surface area contributed by atoms with Crippen molar-refractivity contribution in [2.24, 2.45) is 5.73 Å². The summed E-state index contributed by atoms with van der Waals surface area (Å²) < 4.78 is 37.3. The summed E-state index contributed by atoms with van der Waals surface area (Å²) in [7, 11) is 0. The van der Waals surface area contributed by atoms with E-state index in [2.05, 4.69) is 0 Å². The fourth-order valence-corrected chi connectivity index (χ4v) is 1.36. The summed E-state index contributed by atoms with van der Waals surface area (Å²) in [6, 6.07) is 3.55. The van der Waals surface area contributed by atoms with Crippen molar-refractivity contribution in [3.63, 3.8) is 0 Å². The van der Waals surface area contributed by atoms with Crippen molar-refractivity contribution in [2.75, 3.05) is 6.54 Å².